The van der Waals surface area contributed by atoms with Crippen LogP contribution in [-0.4, -0.2) is 47.3 Å². The van der Waals surface area contributed by atoms with Gasteiger partial charge in [-0.15, -0.1) is 10.2 Å². The van der Waals surface area contributed by atoms with E-state index in [1.165, 1.54) is 16.4 Å². The van der Waals surface area contributed by atoms with Crippen LogP contribution >= 0.6 is 0 Å². The van der Waals surface area contributed by atoms with Crippen LogP contribution in [0.1, 0.15) is 56.4 Å². The molecule has 2 heterocycles. The Morgan fingerprint density at radius 2 is 1.88 bits per heavy atom. The van der Waals surface area contributed by atoms with Gasteiger partial charge in [0.05, 0.1) is 10.4 Å². The number of aromatic nitrogens is 2. The molecule has 0 bridgehead atoms. The third kappa shape index (κ3) is 3.52. The van der Waals surface area contributed by atoms with Crippen LogP contribution in [0, 0.1) is 0 Å². The van der Waals surface area contributed by atoms with E-state index in [0.29, 0.717) is 44.1 Å². The number of amides is 1. The number of benzene rings is 1. The van der Waals surface area contributed by atoms with Crippen molar-refractivity contribution in [2.75, 3.05) is 0 Å². The summed E-state index contributed by atoms with van der Waals surface area (Å²) in [5.41, 5.74) is -0.0594. The van der Waals surface area contributed by atoms with E-state index in [0.717, 1.165) is 0 Å². The minimum Gasteiger partial charge on any atom is -0.415 e. The first-order valence-corrected chi connectivity index (χ1v) is 12.0. The van der Waals surface area contributed by atoms with Crippen LogP contribution in [0.15, 0.2) is 27.5 Å². The smallest absolute Gasteiger partial charge is 0.315 e. The molecule has 3 aliphatic rings. The summed E-state index contributed by atoms with van der Waals surface area (Å²) in [6, 6.07) is 3.07. The van der Waals surface area contributed by atoms with E-state index in [1.54, 1.807) is 6.07 Å². The fourth-order valence-electron chi connectivity index (χ4n) is 5.06. The molecule has 33 heavy (non-hydrogen) atoms. The first-order chi connectivity index (χ1) is 15.6. The highest BCUT2D eigenvalue weighted by Crippen LogP contribution is 2.61. The molecule has 178 valence electrons. The minimum absolute atomic E-state index is 0.00111. The summed E-state index contributed by atoms with van der Waals surface area (Å²) in [5, 5.41) is 9.18. The summed E-state index contributed by atoms with van der Waals surface area (Å²) in [4.78, 5) is 11.7. The topological polar surface area (TPSA) is 105 Å². The Bertz CT molecular complexity index is 1200. The fraction of sp³-hybridized carbons (Fsp3) is 0.550. The largest absolute Gasteiger partial charge is 0.415 e. The van der Waals surface area contributed by atoms with Gasteiger partial charge in [-0.2, -0.15) is 21.9 Å². The Kier molecular flexibility index (Phi) is 5.23. The lowest BCUT2D eigenvalue weighted by Crippen LogP contribution is -2.56. The van der Waals surface area contributed by atoms with Crippen molar-refractivity contribution in [2.24, 2.45) is 0 Å². The molecular formula is C20H20F4N4O4S. The van der Waals surface area contributed by atoms with Gasteiger partial charge in [0.2, 0.25) is 15.9 Å². The molecule has 1 aromatic heterocycles. The lowest BCUT2D eigenvalue weighted by molar-refractivity contribution is -0.133. The molecule has 1 N–H and O–H groups in total. The fourth-order valence-corrected chi connectivity index (χ4v) is 7.43. The zero-order chi connectivity index (χ0) is 23.5. The molecular weight excluding hydrogens is 468 g/mol. The van der Waals surface area contributed by atoms with Crippen molar-refractivity contribution in [1.29, 1.82) is 0 Å². The molecule has 2 atom stereocenters. The van der Waals surface area contributed by atoms with Crippen molar-refractivity contribution in [2.45, 2.75) is 73.9 Å². The van der Waals surface area contributed by atoms with Crippen molar-refractivity contribution in [3.63, 3.8) is 0 Å². The first-order valence-electron chi connectivity index (χ1n) is 10.5. The van der Waals surface area contributed by atoms with E-state index >= 15 is 0 Å². The van der Waals surface area contributed by atoms with Gasteiger partial charge in [-0.25, -0.2) is 8.42 Å². The van der Waals surface area contributed by atoms with Gasteiger partial charge in [0.1, 0.15) is 0 Å². The van der Waals surface area contributed by atoms with Gasteiger partial charge in [0, 0.05) is 17.6 Å². The Hall–Kier alpha value is -2.54. The van der Waals surface area contributed by atoms with E-state index in [1.807, 2.05) is 0 Å². The molecule has 5 rings (SSSR count). The number of rotatable bonds is 5. The van der Waals surface area contributed by atoms with Crippen molar-refractivity contribution >= 4 is 15.9 Å². The Labute approximate surface area is 186 Å². The predicted molar refractivity (Wildman–Crippen MR) is 105 cm³/mol. The van der Waals surface area contributed by atoms with Gasteiger partial charge >= 0.3 is 12.9 Å². The third-order valence-electron chi connectivity index (χ3n) is 6.60. The van der Waals surface area contributed by atoms with Crippen LogP contribution in [-0.2, 0) is 20.4 Å². The summed E-state index contributed by atoms with van der Waals surface area (Å²) < 4.78 is 85.0. The monoisotopic (exact) mass is 488 g/mol. The molecule has 0 radical (unpaired) electrons. The highest BCUT2D eigenvalue weighted by atomic mass is 32.2. The van der Waals surface area contributed by atoms with Crippen LogP contribution in [0.4, 0.5) is 17.6 Å². The first kappa shape index (κ1) is 22.3. The number of hydrogen-bond donors (Lipinski definition) is 1. The second kappa shape index (κ2) is 7.76. The molecule has 8 nitrogen and oxygen atoms in total. The van der Waals surface area contributed by atoms with Crippen LogP contribution in [0.5, 0.6) is 0 Å². The molecule has 2 aliphatic carbocycles. The van der Waals surface area contributed by atoms with Gasteiger partial charge in [0.25, 0.3) is 11.8 Å². The average molecular weight is 488 g/mol. The second-order valence-corrected chi connectivity index (χ2v) is 10.3. The summed E-state index contributed by atoms with van der Waals surface area (Å²) in [5.74, 6) is -2.51. The molecule has 13 heteroatoms. The molecule has 0 unspecified atom stereocenters. The van der Waals surface area contributed by atoms with Gasteiger partial charge in [-0.05, 0) is 43.4 Å². The minimum atomic E-state index is -4.06. The van der Waals surface area contributed by atoms with Gasteiger partial charge in [-0.1, -0.05) is 18.9 Å². The van der Waals surface area contributed by atoms with Gasteiger partial charge in [-0.3, -0.25) is 4.79 Å². The third-order valence-corrected chi connectivity index (χ3v) is 8.63. The number of alkyl halides is 4. The van der Waals surface area contributed by atoms with Gasteiger partial charge < -0.3 is 9.73 Å². The lowest BCUT2D eigenvalue weighted by Gasteiger charge is -2.40. The summed E-state index contributed by atoms with van der Waals surface area (Å²) >= 11 is 0. The average Bonchev–Trinajstić information content (AvgIpc) is 3.34. The van der Waals surface area contributed by atoms with Crippen molar-refractivity contribution < 1.29 is 35.2 Å². The van der Waals surface area contributed by atoms with Crippen LogP contribution in [0.2, 0.25) is 0 Å². The highest BCUT2D eigenvalue weighted by Gasteiger charge is 2.64. The standard InChI is InChI=1S/C20H20F4N4O4S/c21-15(22)17(29)25-12-3-1-2-4-13(12)28-20(7-8-20)11-6-5-10(9-14(11)33(28,30)31)18-26-27-19(32-18)16(23)24/h5-6,9,12-13,15-16H,1-4,7-8H2,(H,25,29)/t12-,13-/m1/s1. The molecule has 1 aliphatic heterocycles. The number of nitrogens with zero attached hydrogens (tertiary/aromatic N) is 3. The van der Waals surface area contributed by atoms with Crippen LogP contribution in [0.3, 0.4) is 0 Å². The second-order valence-electron chi connectivity index (χ2n) is 8.56. The SMILES string of the molecule is O=C(N[C@@H]1CCCC[C@H]1N1C2(CC2)c2ccc(-c3nnc(C(F)F)o3)cc2S1(=O)=O)C(F)F. The number of nitrogens with one attached hydrogen (secondary N) is 1. The quantitative estimate of drug-likeness (QED) is 0.647. The van der Waals surface area contributed by atoms with Gasteiger partial charge in [0.15, 0.2) is 0 Å². The van der Waals surface area contributed by atoms with E-state index in [-0.39, 0.29) is 16.3 Å². The maximum atomic E-state index is 13.7. The van der Waals surface area contributed by atoms with Crippen LogP contribution in [0.25, 0.3) is 11.5 Å². The van der Waals surface area contributed by atoms with E-state index in [9.17, 15) is 30.8 Å². The Morgan fingerprint density at radius 1 is 1.15 bits per heavy atom. The maximum absolute atomic E-state index is 13.7. The molecule has 0 saturated heterocycles. The zero-order valence-electron chi connectivity index (χ0n) is 17.2. The normalized spacial score (nSPS) is 25.5. The molecule has 1 spiro atoms. The van der Waals surface area contributed by atoms with Crippen LogP contribution < -0.4 is 5.32 Å². The Morgan fingerprint density at radius 3 is 2.52 bits per heavy atom. The lowest BCUT2D eigenvalue weighted by atomic mass is 9.88. The summed E-state index contributed by atoms with van der Waals surface area (Å²) in [6.07, 6.45) is -2.82. The van der Waals surface area contributed by atoms with E-state index in [4.69, 9.17) is 4.42 Å². The molecule has 1 aromatic carbocycles. The zero-order valence-corrected chi connectivity index (χ0v) is 18.0. The summed E-state index contributed by atoms with van der Waals surface area (Å²) in [7, 11) is -4.06. The number of sulfonamides is 1. The Balaban J connectivity index is 1.52. The maximum Gasteiger partial charge on any atom is 0.315 e. The molecule has 1 amide bonds. The van der Waals surface area contributed by atoms with Crippen molar-refractivity contribution in [1.82, 2.24) is 19.8 Å². The highest BCUT2D eigenvalue weighted by molar-refractivity contribution is 7.89. The number of carbonyl (C=O) groups excluding carboxylic acids is 1. The number of halogens is 4. The molecule has 2 fully saturated rings. The summed E-state index contributed by atoms with van der Waals surface area (Å²) in [6.45, 7) is 0. The number of hydrogen-bond acceptors (Lipinski definition) is 6. The van der Waals surface area contributed by atoms with E-state index in [2.05, 4.69) is 15.5 Å². The van der Waals surface area contributed by atoms with Crippen molar-refractivity contribution in [3.8, 4) is 11.5 Å². The van der Waals surface area contributed by atoms with E-state index < -0.39 is 52.3 Å². The molecule has 2 saturated carbocycles. The predicted octanol–water partition coefficient (Wildman–Crippen LogP) is 3.36. The number of carbonyl (C=O) groups is 1. The van der Waals surface area contributed by atoms with Crippen molar-refractivity contribution in [3.05, 3.63) is 29.7 Å². The molecule has 2 aromatic rings. The number of fused-ring (bicyclic) bond motifs is 2.